The van der Waals surface area contributed by atoms with Gasteiger partial charge < -0.3 is 20.2 Å². The Bertz CT molecular complexity index is 438. The second-order valence-corrected chi connectivity index (χ2v) is 5.94. The first kappa shape index (κ1) is 17.4. The van der Waals surface area contributed by atoms with E-state index in [9.17, 15) is 19.5 Å². The van der Waals surface area contributed by atoms with E-state index in [-0.39, 0.29) is 30.7 Å². The molecule has 3 amide bonds. The van der Waals surface area contributed by atoms with Crippen molar-refractivity contribution < 1.29 is 19.5 Å². The number of likely N-dealkylation sites (N-methyl/N-ethyl adjacent to an activating group) is 2. The lowest BCUT2D eigenvalue weighted by Crippen LogP contribution is -2.57. The number of carbonyl (C=O) groups excluding carboxylic acids is 3. The van der Waals surface area contributed by atoms with Crippen LogP contribution in [-0.4, -0.2) is 71.5 Å². The highest BCUT2D eigenvalue weighted by atomic mass is 16.3. The highest BCUT2D eigenvalue weighted by Crippen LogP contribution is 2.25. The summed E-state index contributed by atoms with van der Waals surface area (Å²) < 4.78 is 0. The minimum absolute atomic E-state index is 0.0237. The number of carbonyl (C=O) groups is 3. The number of nitrogens with zero attached hydrogens (tertiary/aromatic N) is 2. The van der Waals surface area contributed by atoms with Gasteiger partial charge in [0.2, 0.25) is 11.8 Å². The lowest BCUT2D eigenvalue weighted by Gasteiger charge is -2.34. The summed E-state index contributed by atoms with van der Waals surface area (Å²) in [5, 5.41) is 13.1. The van der Waals surface area contributed by atoms with Gasteiger partial charge in [0.1, 0.15) is 6.04 Å². The Morgan fingerprint density at radius 3 is 2.29 bits per heavy atom. The van der Waals surface area contributed by atoms with Crippen molar-refractivity contribution in [2.24, 2.45) is 5.92 Å². The van der Waals surface area contributed by atoms with Gasteiger partial charge in [0.05, 0.1) is 6.54 Å². The van der Waals surface area contributed by atoms with E-state index in [1.165, 1.54) is 30.8 Å². The molecule has 2 N–H and O–H groups in total. The van der Waals surface area contributed by atoms with Crippen molar-refractivity contribution in [2.45, 2.75) is 38.8 Å². The molecule has 7 heteroatoms. The van der Waals surface area contributed by atoms with Crippen LogP contribution in [0.25, 0.3) is 0 Å². The van der Waals surface area contributed by atoms with Gasteiger partial charge in [-0.3, -0.25) is 14.4 Å². The zero-order chi connectivity index (χ0) is 16.4. The lowest BCUT2D eigenvalue weighted by molar-refractivity contribution is -0.155. The maximum Gasteiger partial charge on any atom is 0.256 e. The molecule has 1 rings (SSSR count). The van der Waals surface area contributed by atoms with Crippen molar-refractivity contribution in [3.8, 4) is 0 Å². The van der Waals surface area contributed by atoms with Crippen LogP contribution in [0.15, 0.2) is 0 Å². The van der Waals surface area contributed by atoms with Gasteiger partial charge in [0, 0.05) is 34.0 Å². The lowest BCUT2D eigenvalue weighted by atomic mass is 9.96. The molecule has 0 unspecified atom stereocenters. The Labute approximate surface area is 125 Å². The Morgan fingerprint density at radius 2 is 1.90 bits per heavy atom. The van der Waals surface area contributed by atoms with E-state index in [2.05, 4.69) is 5.32 Å². The molecular formula is C14H25N3O4. The van der Waals surface area contributed by atoms with Gasteiger partial charge in [-0.1, -0.05) is 13.8 Å². The van der Waals surface area contributed by atoms with Crippen LogP contribution in [0.3, 0.4) is 0 Å². The molecule has 1 aliphatic rings. The molecule has 1 heterocycles. The predicted octanol–water partition coefficient (Wildman–Crippen LogP) is -0.801. The molecule has 0 spiro atoms. The quantitative estimate of drug-likeness (QED) is 0.711. The number of likely N-dealkylation sites (tertiary alicyclic amines) is 1. The summed E-state index contributed by atoms with van der Waals surface area (Å²) in [6.45, 7) is 5.40. The van der Waals surface area contributed by atoms with E-state index in [1.807, 2.05) is 13.8 Å². The average molecular weight is 299 g/mol. The van der Waals surface area contributed by atoms with Crippen LogP contribution in [-0.2, 0) is 14.4 Å². The average Bonchev–Trinajstić information content (AvgIpc) is 2.81. The summed E-state index contributed by atoms with van der Waals surface area (Å²) in [6.07, 6.45) is 0.189. The van der Waals surface area contributed by atoms with Gasteiger partial charge in [-0.15, -0.1) is 0 Å². The third-order valence-corrected chi connectivity index (χ3v) is 3.98. The number of hydrogen-bond acceptors (Lipinski definition) is 4. The Morgan fingerprint density at radius 1 is 1.33 bits per heavy atom. The highest BCUT2D eigenvalue weighted by molar-refractivity contribution is 5.92. The van der Waals surface area contributed by atoms with Crippen LogP contribution < -0.4 is 5.32 Å². The maximum atomic E-state index is 12.6. The van der Waals surface area contributed by atoms with Crippen LogP contribution in [0.4, 0.5) is 0 Å². The number of nitrogens with one attached hydrogen (secondary N) is 1. The molecule has 1 aliphatic heterocycles. The molecular weight excluding hydrogens is 274 g/mol. The largest absolute Gasteiger partial charge is 0.378 e. The van der Waals surface area contributed by atoms with Crippen LogP contribution in [0.1, 0.15) is 27.2 Å². The number of hydrogen-bond donors (Lipinski definition) is 2. The van der Waals surface area contributed by atoms with E-state index < -0.39 is 17.6 Å². The predicted molar refractivity (Wildman–Crippen MR) is 77.3 cm³/mol. The third-order valence-electron chi connectivity index (χ3n) is 3.98. The first-order chi connectivity index (χ1) is 9.64. The zero-order valence-corrected chi connectivity index (χ0v) is 13.3. The van der Waals surface area contributed by atoms with E-state index in [1.54, 1.807) is 0 Å². The molecule has 1 saturated heterocycles. The van der Waals surface area contributed by atoms with Crippen molar-refractivity contribution in [3.63, 3.8) is 0 Å². The van der Waals surface area contributed by atoms with Crippen LogP contribution in [0, 0.1) is 5.92 Å². The fourth-order valence-corrected chi connectivity index (χ4v) is 2.77. The van der Waals surface area contributed by atoms with E-state index >= 15 is 0 Å². The van der Waals surface area contributed by atoms with Crippen molar-refractivity contribution in [1.29, 1.82) is 0 Å². The number of β-amino-alcohol motifs (C(OH)–C–C–N with tert-alkyl or cyclic N) is 1. The highest BCUT2D eigenvalue weighted by Gasteiger charge is 2.47. The molecule has 7 nitrogen and oxygen atoms in total. The van der Waals surface area contributed by atoms with Gasteiger partial charge in [0.15, 0.2) is 5.60 Å². The van der Waals surface area contributed by atoms with Crippen LogP contribution in [0.5, 0.6) is 0 Å². The SMILES string of the molecule is CNC(=O)[C@H](C(C)C)N(C)C(=O)[C@]1(O)CCN(C(C)=O)C1. The fourth-order valence-electron chi connectivity index (χ4n) is 2.77. The summed E-state index contributed by atoms with van der Waals surface area (Å²) in [4.78, 5) is 38.6. The Hall–Kier alpha value is -1.63. The topological polar surface area (TPSA) is 89.9 Å². The van der Waals surface area contributed by atoms with Gasteiger partial charge in [-0.05, 0) is 5.92 Å². The van der Waals surface area contributed by atoms with E-state index in [0.29, 0.717) is 6.54 Å². The summed E-state index contributed by atoms with van der Waals surface area (Å²) in [5.41, 5.74) is -1.61. The second kappa shape index (κ2) is 6.43. The van der Waals surface area contributed by atoms with Gasteiger partial charge in [0.25, 0.3) is 5.91 Å². The molecule has 0 aromatic heterocycles. The number of rotatable bonds is 4. The zero-order valence-electron chi connectivity index (χ0n) is 13.3. The number of amides is 3. The van der Waals surface area contributed by atoms with Crippen molar-refractivity contribution in [3.05, 3.63) is 0 Å². The molecule has 0 aliphatic carbocycles. The molecule has 2 atom stereocenters. The molecule has 21 heavy (non-hydrogen) atoms. The second-order valence-electron chi connectivity index (χ2n) is 5.94. The monoisotopic (exact) mass is 299 g/mol. The van der Waals surface area contributed by atoms with Gasteiger partial charge in [-0.25, -0.2) is 0 Å². The summed E-state index contributed by atoms with van der Waals surface area (Å²) in [7, 11) is 3.02. The molecule has 0 aromatic rings. The summed E-state index contributed by atoms with van der Waals surface area (Å²) >= 11 is 0. The first-order valence-electron chi connectivity index (χ1n) is 7.10. The summed E-state index contributed by atoms with van der Waals surface area (Å²) in [6, 6.07) is -0.655. The van der Waals surface area contributed by atoms with E-state index in [0.717, 1.165) is 0 Å². The van der Waals surface area contributed by atoms with Crippen molar-refractivity contribution in [1.82, 2.24) is 15.1 Å². The van der Waals surface area contributed by atoms with E-state index in [4.69, 9.17) is 0 Å². The molecule has 0 aromatic carbocycles. The maximum absolute atomic E-state index is 12.6. The molecule has 0 radical (unpaired) electrons. The Kier molecular flexibility index (Phi) is 5.33. The first-order valence-corrected chi connectivity index (χ1v) is 7.10. The van der Waals surface area contributed by atoms with Crippen LogP contribution in [0.2, 0.25) is 0 Å². The minimum Gasteiger partial charge on any atom is -0.378 e. The van der Waals surface area contributed by atoms with Gasteiger partial charge >= 0.3 is 0 Å². The fraction of sp³-hybridized carbons (Fsp3) is 0.786. The number of aliphatic hydroxyl groups is 1. The molecule has 1 fully saturated rings. The minimum atomic E-state index is -1.61. The molecule has 120 valence electrons. The van der Waals surface area contributed by atoms with Crippen LogP contribution >= 0.6 is 0 Å². The summed E-state index contributed by atoms with van der Waals surface area (Å²) in [5.74, 6) is -1.06. The standard InChI is InChI=1S/C14H25N3O4/c1-9(2)11(12(19)15-4)16(5)13(20)14(21)6-7-17(8-14)10(3)18/h9,11,21H,6-8H2,1-5H3,(H,15,19)/t11-,14-/m0/s1. The van der Waals surface area contributed by atoms with Gasteiger partial charge in [-0.2, -0.15) is 0 Å². The normalized spacial score (nSPS) is 23.1. The van der Waals surface area contributed by atoms with Crippen molar-refractivity contribution in [2.75, 3.05) is 27.2 Å². The third kappa shape index (κ3) is 3.53. The molecule has 0 saturated carbocycles. The van der Waals surface area contributed by atoms with Crippen molar-refractivity contribution >= 4 is 17.7 Å². The molecule has 0 bridgehead atoms. The smallest absolute Gasteiger partial charge is 0.256 e. The Balaban J connectivity index is 2.91.